The van der Waals surface area contributed by atoms with Crippen LogP contribution in [0.5, 0.6) is 0 Å². The number of hydrogen-bond acceptors (Lipinski definition) is 5. The molecule has 0 saturated carbocycles. The van der Waals surface area contributed by atoms with Crippen LogP contribution < -0.4 is 15.5 Å². The van der Waals surface area contributed by atoms with Gasteiger partial charge in [-0.25, -0.2) is 13.6 Å². The number of carbonyl (C=O) groups is 1. The Morgan fingerprint density at radius 1 is 1.08 bits per heavy atom. The number of aromatic nitrogens is 2. The van der Waals surface area contributed by atoms with Crippen molar-refractivity contribution in [1.29, 1.82) is 0 Å². The lowest BCUT2D eigenvalue weighted by Crippen LogP contribution is -2.50. The summed E-state index contributed by atoms with van der Waals surface area (Å²) in [6, 6.07) is 6.66. The number of piperazine rings is 1. The molecular formula is C17H20F2N6O. The van der Waals surface area contributed by atoms with Gasteiger partial charge in [0.15, 0.2) is 5.82 Å². The number of para-hydroxylation sites is 1. The molecule has 7 nitrogen and oxygen atoms in total. The van der Waals surface area contributed by atoms with E-state index in [2.05, 4.69) is 20.8 Å². The highest BCUT2D eigenvalue weighted by Crippen LogP contribution is 2.19. The third-order valence-electron chi connectivity index (χ3n) is 4.09. The second-order valence-electron chi connectivity index (χ2n) is 5.81. The summed E-state index contributed by atoms with van der Waals surface area (Å²) in [5.74, 6) is -0.158. The van der Waals surface area contributed by atoms with E-state index in [0.29, 0.717) is 32.0 Å². The minimum atomic E-state index is -0.798. The number of benzene rings is 1. The van der Waals surface area contributed by atoms with Gasteiger partial charge in [0.25, 0.3) is 0 Å². The molecule has 2 amide bonds. The average molecular weight is 362 g/mol. The lowest BCUT2D eigenvalue weighted by Gasteiger charge is -2.35. The molecule has 1 fully saturated rings. The molecular weight excluding hydrogens is 342 g/mol. The predicted octanol–water partition coefficient (Wildman–Crippen LogP) is 2.54. The first kappa shape index (κ1) is 17.8. The zero-order valence-electron chi connectivity index (χ0n) is 14.4. The van der Waals surface area contributed by atoms with Crippen LogP contribution in [-0.2, 0) is 0 Å². The lowest BCUT2D eigenvalue weighted by molar-refractivity contribution is 0.208. The molecule has 0 atom stereocenters. The Labute approximate surface area is 150 Å². The molecule has 0 radical (unpaired) electrons. The highest BCUT2D eigenvalue weighted by Gasteiger charge is 2.23. The van der Waals surface area contributed by atoms with Crippen molar-refractivity contribution in [2.24, 2.45) is 0 Å². The Bertz CT molecular complexity index is 742. The van der Waals surface area contributed by atoms with Crippen LogP contribution in [0.15, 0.2) is 30.3 Å². The Morgan fingerprint density at radius 2 is 1.77 bits per heavy atom. The van der Waals surface area contributed by atoms with Gasteiger partial charge in [-0.15, -0.1) is 10.2 Å². The second-order valence-corrected chi connectivity index (χ2v) is 5.81. The maximum Gasteiger partial charge on any atom is 0.322 e. The van der Waals surface area contributed by atoms with E-state index in [9.17, 15) is 13.6 Å². The van der Waals surface area contributed by atoms with Gasteiger partial charge >= 0.3 is 6.03 Å². The quantitative estimate of drug-likeness (QED) is 0.874. The molecule has 138 valence electrons. The number of amides is 2. The predicted molar refractivity (Wildman–Crippen MR) is 95.4 cm³/mol. The van der Waals surface area contributed by atoms with Gasteiger partial charge in [-0.3, -0.25) is 0 Å². The normalized spacial score (nSPS) is 14.3. The van der Waals surface area contributed by atoms with Gasteiger partial charge in [0.2, 0.25) is 0 Å². The number of urea groups is 1. The SMILES string of the molecule is CCNc1ccc(N2CCN(C(=O)Nc3c(F)cccc3F)CC2)nn1. The summed E-state index contributed by atoms with van der Waals surface area (Å²) in [6.07, 6.45) is 0. The van der Waals surface area contributed by atoms with Gasteiger partial charge in [0, 0.05) is 32.7 Å². The van der Waals surface area contributed by atoms with Gasteiger partial charge in [0.1, 0.15) is 23.1 Å². The average Bonchev–Trinajstić information content (AvgIpc) is 2.66. The Morgan fingerprint density at radius 3 is 2.35 bits per heavy atom. The second kappa shape index (κ2) is 7.94. The van der Waals surface area contributed by atoms with Gasteiger partial charge < -0.3 is 20.4 Å². The van der Waals surface area contributed by atoms with Crippen molar-refractivity contribution in [1.82, 2.24) is 15.1 Å². The molecule has 1 saturated heterocycles. The fourth-order valence-corrected chi connectivity index (χ4v) is 2.71. The van der Waals surface area contributed by atoms with Gasteiger partial charge in [-0.2, -0.15) is 0 Å². The highest BCUT2D eigenvalue weighted by molar-refractivity contribution is 5.89. The summed E-state index contributed by atoms with van der Waals surface area (Å²) in [6.45, 7) is 4.69. The number of carbonyl (C=O) groups excluding carboxylic acids is 1. The highest BCUT2D eigenvalue weighted by atomic mass is 19.1. The van der Waals surface area contributed by atoms with Crippen LogP contribution >= 0.6 is 0 Å². The van der Waals surface area contributed by atoms with E-state index in [-0.39, 0.29) is 0 Å². The molecule has 2 aromatic rings. The lowest BCUT2D eigenvalue weighted by atomic mass is 10.3. The summed E-state index contributed by atoms with van der Waals surface area (Å²) < 4.78 is 27.3. The maximum absolute atomic E-state index is 13.6. The summed E-state index contributed by atoms with van der Waals surface area (Å²) >= 11 is 0. The number of nitrogens with zero attached hydrogens (tertiary/aromatic N) is 4. The first-order valence-corrected chi connectivity index (χ1v) is 8.41. The van der Waals surface area contributed by atoms with Crippen molar-refractivity contribution in [3.8, 4) is 0 Å². The first-order valence-electron chi connectivity index (χ1n) is 8.41. The van der Waals surface area contributed by atoms with Crippen molar-refractivity contribution in [2.45, 2.75) is 6.92 Å². The van der Waals surface area contributed by atoms with Crippen LogP contribution in [-0.4, -0.2) is 53.9 Å². The fraction of sp³-hybridized carbons (Fsp3) is 0.353. The Hall–Kier alpha value is -2.97. The molecule has 1 aromatic heterocycles. The molecule has 9 heteroatoms. The fourth-order valence-electron chi connectivity index (χ4n) is 2.71. The van der Waals surface area contributed by atoms with E-state index in [0.717, 1.165) is 24.5 Å². The number of hydrogen-bond donors (Lipinski definition) is 2. The topological polar surface area (TPSA) is 73.4 Å². The number of rotatable bonds is 4. The standard InChI is InChI=1S/C17H20F2N6O/c1-2-20-14-6-7-15(23-22-14)24-8-10-25(11-9-24)17(26)21-16-12(18)4-3-5-13(16)19/h3-7H,2,8-11H2,1H3,(H,20,22)(H,21,26). The van der Waals surface area contributed by atoms with Crippen molar-refractivity contribution in [3.05, 3.63) is 42.0 Å². The largest absolute Gasteiger partial charge is 0.369 e. The molecule has 3 rings (SSSR count). The molecule has 0 unspecified atom stereocenters. The van der Waals surface area contributed by atoms with Crippen LogP contribution in [0.25, 0.3) is 0 Å². The maximum atomic E-state index is 13.6. The van der Waals surface area contributed by atoms with E-state index in [1.54, 1.807) is 0 Å². The van der Waals surface area contributed by atoms with E-state index in [4.69, 9.17) is 0 Å². The number of nitrogens with one attached hydrogen (secondary N) is 2. The first-order chi connectivity index (χ1) is 12.6. The van der Waals surface area contributed by atoms with Gasteiger partial charge in [-0.1, -0.05) is 6.07 Å². The van der Waals surface area contributed by atoms with Gasteiger partial charge in [0.05, 0.1) is 0 Å². The van der Waals surface area contributed by atoms with Crippen molar-refractivity contribution in [2.75, 3.05) is 48.3 Å². The summed E-state index contributed by atoms with van der Waals surface area (Å²) in [5.41, 5.74) is -0.426. The summed E-state index contributed by atoms with van der Waals surface area (Å²) in [4.78, 5) is 15.8. The molecule has 1 aromatic carbocycles. The Balaban J connectivity index is 1.57. The minimum Gasteiger partial charge on any atom is -0.369 e. The number of anilines is 3. The third-order valence-corrected chi connectivity index (χ3v) is 4.09. The van der Waals surface area contributed by atoms with E-state index >= 15 is 0 Å². The van der Waals surface area contributed by atoms with E-state index < -0.39 is 23.4 Å². The van der Waals surface area contributed by atoms with E-state index in [1.807, 2.05) is 24.0 Å². The van der Waals surface area contributed by atoms with E-state index in [1.165, 1.54) is 11.0 Å². The Kier molecular flexibility index (Phi) is 5.45. The zero-order valence-corrected chi connectivity index (χ0v) is 14.4. The van der Waals surface area contributed by atoms with Gasteiger partial charge in [-0.05, 0) is 31.2 Å². The summed E-state index contributed by atoms with van der Waals surface area (Å²) in [5, 5.41) is 13.7. The van der Waals surface area contributed by atoms with Crippen molar-refractivity contribution >= 4 is 23.4 Å². The molecule has 26 heavy (non-hydrogen) atoms. The van der Waals surface area contributed by atoms with Crippen LogP contribution in [0, 0.1) is 11.6 Å². The molecule has 0 aliphatic carbocycles. The molecule has 1 aliphatic heterocycles. The monoisotopic (exact) mass is 362 g/mol. The van der Waals surface area contributed by atoms with Crippen LogP contribution in [0.3, 0.4) is 0 Å². The number of halogens is 2. The smallest absolute Gasteiger partial charge is 0.322 e. The third kappa shape index (κ3) is 3.98. The zero-order chi connectivity index (χ0) is 18.5. The van der Waals surface area contributed by atoms with Crippen molar-refractivity contribution < 1.29 is 13.6 Å². The molecule has 2 heterocycles. The van der Waals surface area contributed by atoms with Crippen molar-refractivity contribution in [3.63, 3.8) is 0 Å². The molecule has 2 N–H and O–H groups in total. The van der Waals surface area contributed by atoms with Crippen LogP contribution in [0.1, 0.15) is 6.92 Å². The molecule has 1 aliphatic rings. The minimum absolute atomic E-state index is 0.415. The molecule has 0 bridgehead atoms. The van der Waals surface area contributed by atoms with Crippen LogP contribution in [0.2, 0.25) is 0 Å². The van der Waals surface area contributed by atoms with Crippen LogP contribution in [0.4, 0.5) is 30.9 Å². The summed E-state index contributed by atoms with van der Waals surface area (Å²) in [7, 11) is 0. The molecule has 0 spiro atoms.